The molecule has 0 saturated carbocycles. The van der Waals surface area contributed by atoms with Crippen LogP contribution in [0.2, 0.25) is 0 Å². The van der Waals surface area contributed by atoms with Gasteiger partial charge in [-0.2, -0.15) is 0 Å². The lowest BCUT2D eigenvalue weighted by Gasteiger charge is -2.41. The summed E-state index contributed by atoms with van der Waals surface area (Å²) in [5.74, 6) is 1.13. The third kappa shape index (κ3) is 3.05. The average molecular weight is 332 g/mol. The summed E-state index contributed by atoms with van der Waals surface area (Å²) in [5, 5.41) is 0. The van der Waals surface area contributed by atoms with E-state index in [2.05, 4.69) is 33.6 Å². The van der Waals surface area contributed by atoms with Gasteiger partial charge in [-0.3, -0.25) is 9.78 Å². The first-order valence-electron chi connectivity index (χ1n) is 8.48. The summed E-state index contributed by atoms with van der Waals surface area (Å²) in [6.45, 7) is 3.53. The number of aromatic nitrogens is 3. The third-order valence-electron chi connectivity index (χ3n) is 4.67. The van der Waals surface area contributed by atoms with Gasteiger partial charge in [-0.1, -0.05) is 36.4 Å². The van der Waals surface area contributed by atoms with Crippen molar-refractivity contribution in [3.05, 3.63) is 72.3 Å². The van der Waals surface area contributed by atoms with Crippen LogP contribution in [-0.4, -0.2) is 38.4 Å². The van der Waals surface area contributed by atoms with E-state index in [9.17, 15) is 4.79 Å². The van der Waals surface area contributed by atoms with Crippen LogP contribution in [0.3, 0.4) is 0 Å². The lowest BCUT2D eigenvalue weighted by Crippen LogP contribution is -2.51. The summed E-state index contributed by atoms with van der Waals surface area (Å²) < 4.78 is 2.25. The van der Waals surface area contributed by atoms with Gasteiger partial charge in [0.15, 0.2) is 0 Å². The van der Waals surface area contributed by atoms with Crippen LogP contribution in [0.4, 0.5) is 0 Å². The molecule has 2 aromatic heterocycles. The Labute approximate surface area is 147 Å². The zero-order valence-electron chi connectivity index (χ0n) is 14.2. The number of likely N-dealkylation sites (tertiary alicyclic amines) is 1. The molecule has 5 heteroatoms. The number of hydrogen-bond donors (Lipinski definition) is 0. The Morgan fingerprint density at radius 3 is 2.64 bits per heavy atom. The predicted molar refractivity (Wildman–Crippen MR) is 96.0 cm³/mol. The van der Waals surface area contributed by atoms with E-state index in [4.69, 9.17) is 0 Å². The van der Waals surface area contributed by atoms with Crippen LogP contribution >= 0.6 is 0 Å². The van der Waals surface area contributed by atoms with E-state index in [0.717, 1.165) is 35.7 Å². The SMILES string of the molecule is Cc1cnc(-c2ccccc2)n1C1CN(C(=O)Cc2cccnc2)C1. The second-order valence-electron chi connectivity index (χ2n) is 6.45. The Hall–Kier alpha value is -2.95. The highest BCUT2D eigenvalue weighted by atomic mass is 16.2. The average Bonchev–Trinajstić information content (AvgIpc) is 2.97. The molecule has 1 fully saturated rings. The maximum absolute atomic E-state index is 12.4. The molecule has 1 aliphatic rings. The number of imidazole rings is 1. The zero-order valence-corrected chi connectivity index (χ0v) is 14.2. The second-order valence-corrected chi connectivity index (χ2v) is 6.45. The van der Waals surface area contributed by atoms with Crippen LogP contribution in [-0.2, 0) is 11.2 Å². The topological polar surface area (TPSA) is 51.0 Å². The molecule has 3 heterocycles. The van der Waals surface area contributed by atoms with Crippen LogP contribution in [0.1, 0.15) is 17.3 Å². The Balaban J connectivity index is 1.46. The minimum absolute atomic E-state index is 0.156. The van der Waals surface area contributed by atoms with E-state index in [1.807, 2.05) is 41.4 Å². The summed E-state index contributed by atoms with van der Waals surface area (Å²) in [4.78, 5) is 23.0. The van der Waals surface area contributed by atoms with E-state index in [0.29, 0.717) is 6.42 Å². The number of carbonyl (C=O) groups is 1. The number of rotatable bonds is 4. The highest BCUT2D eigenvalue weighted by Crippen LogP contribution is 2.29. The number of nitrogens with zero attached hydrogens (tertiary/aromatic N) is 4. The van der Waals surface area contributed by atoms with Crippen LogP contribution in [0.5, 0.6) is 0 Å². The summed E-state index contributed by atoms with van der Waals surface area (Å²) >= 11 is 0. The highest BCUT2D eigenvalue weighted by molar-refractivity contribution is 5.79. The van der Waals surface area contributed by atoms with Crippen LogP contribution in [0.15, 0.2) is 61.1 Å². The van der Waals surface area contributed by atoms with Gasteiger partial charge in [0.1, 0.15) is 5.82 Å². The molecule has 25 heavy (non-hydrogen) atoms. The molecule has 4 rings (SSSR count). The molecule has 0 bridgehead atoms. The lowest BCUT2D eigenvalue weighted by atomic mass is 10.1. The number of aryl methyl sites for hydroxylation is 1. The molecule has 0 unspecified atom stereocenters. The fourth-order valence-corrected chi connectivity index (χ4v) is 3.32. The number of carbonyl (C=O) groups excluding carboxylic acids is 1. The molecule has 1 saturated heterocycles. The van der Waals surface area contributed by atoms with Gasteiger partial charge in [0.2, 0.25) is 5.91 Å². The molecular formula is C20H20N4O. The van der Waals surface area contributed by atoms with Crippen LogP contribution in [0.25, 0.3) is 11.4 Å². The Bertz CT molecular complexity index is 867. The van der Waals surface area contributed by atoms with E-state index < -0.39 is 0 Å². The van der Waals surface area contributed by atoms with E-state index in [-0.39, 0.29) is 11.9 Å². The minimum atomic E-state index is 0.156. The van der Waals surface area contributed by atoms with Crippen molar-refractivity contribution >= 4 is 5.91 Å². The maximum atomic E-state index is 12.4. The maximum Gasteiger partial charge on any atom is 0.227 e. The van der Waals surface area contributed by atoms with Crippen LogP contribution < -0.4 is 0 Å². The summed E-state index contributed by atoms with van der Waals surface area (Å²) in [6.07, 6.45) is 5.79. The van der Waals surface area contributed by atoms with Crippen molar-refractivity contribution in [3.63, 3.8) is 0 Å². The number of pyridine rings is 1. The van der Waals surface area contributed by atoms with Gasteiger partial charge in [-0.15, -0.1) is 0 Å². The van der Waals surface area contributed by atoms with Crippen molar-refractivity contribution in [1.29, 1.82) is 0 Å². The molecule has 0 N–H and O–H groups in total. The summed E-state index contributed by atoms with van der Waals surface area (Å²) in [7, 11) is 0. The molecule has 0 radical (unpaired) electrons. The molecule has 0 spiro atoms. The van der Waals surface area contributed by atoms with E-state index >= 15 is 0 Å². The second kappa shape index (κ2) is 6.51. The van der Waals surface area contributed by atoms with Gasteiger partial charge < -0.3 is 9.47 Å². The van der Waals surface area contributed by atoms with Gasteiger partial charge in [0.25, 0.3) is 0 Å². The van der Waals surface area contributed by atoms with Crippen molar-refractivity contribution < 1.29 is 4.79 Å². The Morgan fingerprint density at radius 1 is 1.12 bits per heavy atom. The molecule has 3 aromatic rings. The first kappa shape index (κ1) is 15.6. The Kier molecular flexibility index (Phi) is 4.06. The highest BCUT2D eigenvalue weighted by Gasteiger charge is 2.33. The summed E-state index contributed by atoms with van der Waals surface area (Å²) in [5.41, 5.74) is 3.19. The minimum Gasteiger partial charge on any atom is -0.338 e. The van der Waals surface area contributed by atoms with Gasteiger partial charge in [-0.25, -0.2) is 4.98 Å². The number of benzene rings is 1. The predicted octanol–water partition coefficient (Wildman–Crippen LogP) is 2.88. The molecular weight excluding hydrogens is 312 g/mol. The normalized spacial score (nSPS) is 14.4. The summed E-state index contributed by atoms with van der Waals surface area (Å²) in [6, 6.07) is 14.3. The van der Waals surface area contributed by atoms with Crippen molar-refractivity contribution in [2.45, 2.75) is 19.4 Å². The van der Waals surface area contributed by atoms with Gasteiger partial charge >= 0.3 is 0 Å². The Morgan fingerprint density at radius 2 is 1.92 bits per heavy atom. The quantitative estimate of drug-likeness (QED) is 0.738. The van der Waals surface area contributed by atoms with Gasteiger partial charge in [0.05, 0.1) is 12.5 Å². The van der Waals surface area contributed by atoms with Crippen molar-refractivity contribution in [2.75, 3.05) is 13.1 Å². The monoisotopic (exact) mass is 332 g/mol. The number of amides is 1. The van der Waals surface area contributed by atoms with Crippen LogP contribution in [0, 0.1) is 6.92 Å². The molecule has 1 amide bonds. The van der Waals surface area contributed by atoms with Crippen molar-refractivity contribution in [1.82, 2.24) is 19.4 Å². The van der Waals surface area contributed by atoms with Gasteiger partial charge in [0, 0.05) is 42.9 Å². The van der Waals surface area contributed by atoms with E-state index in [1.165, 1.54) is 0 Å². The molecule has 0 aliphatic carbocycles. The molecule has 1 aliphatic heterocycles. The fraction of sp³-hybridized carbons (Fsp3) is 0.250. The molecule has 126 valence electrons. The zero-order chi connectivity index (χ0) is 17.2. The van der Waals surface area contributed by atoms with Crippen molar-refractivity contribution in [3.8, 4) is 11.4 Å². The van der Waals surface area contributed by atoms with Gasteiger partial charge in [-0.05, 0) is 18.6 Å². The number of hydrogen-bond acceptors (Lipinski definition) is 3. The first-order chi connectivity index (χ1) is 12.2. The van der Waals surface area contributed by atoms with E-state index in [1.54, 1.807) is 12.4 Å². The van der Waals surface area contributed by atoms with Crippen molar-refractivity contribution in [2.24, 2.45) is 0 Å². The standard InChI is InChI=1S/C20H20N4O/c1-15-11-22-20(17-7-3-2-4-8-17)24(15)18-13-23(14-18)19(25)10-16-6-5-9-21-12-16/h2-9,11-12,18H,10,13-14H2,1H3. The molecule has 1 aromatic carbocycles. The fourth-order valence-electron chi connectivity index (χ4n) is 3.32. The molecule has 0 atom stereocenters. The largest absolute Gasteiger partial charge is 0.338 e. The smallest absolute Gasteiger partial charge is 0.227 e. The first-order valence-corrected chi connectivity index (χ1v) is 8.48. The molecule has 5 nitrogen and oxygen atoms in total. The third-order valence-corrected chi connectivity index (χ3v) is 4.67. The lowest BCUT2D eigenvalue weighted by molar-refractivity contribution is -0.136.